The quantitative estimate of drug-likeness (QED) is 0.768. The minimum Gasteiger partial charge on any atom is -0.376 e. The minimum atomic E-state index is -0.227. The molecule has 1 aliphatic rings. The smallest absolute Gasteiger partial charge is 0.274 e. The van der Waals surface area contributed by atoms with E-state index in [0.29, 0.717) is 19.6 Å². The van der Waals surface area contributed by atoms with Gasteiger partial charge in [0.05, 0.1) is 12.3 Å². The molecule has 0 radical (unpaired) electrons. The van der Waals surface area contributed by atoms with Crippen LogP contribution in [0, 0.1) is 0 Å². The molecule has 0 saturated carbocycles. The molecule has 7 nitrogen and oxygen atoms in total. The molecule has 0 aliphatic carbocycles. The molecule has 1 fully saturated rings. The Morgan fingerprint density at radius 1 is 1.22 bits per heavy atom. The summed E-state index contributed by atoms with van der Waals surface area (Å²) in [7, 11) is 0. The standard InChI is InChI=1S/C20H24N4O3/c25-19(23-13-16-5-2-1-3-6-16)8-11-24(15-17-7-4-12-27-17)20(26)18-14-21-9-10-22-18/h1-3,5-6,9-10,14,17H,4,7-8,11-13,15H2,(H,23,25)/t17-/m0/s1. The highest BCUT2D eigenvalue weighted by Gasteiger charge is 2.24. The molecule has 1 aromatic carbocycles. The average Bonchev–Trinajstić information content (AvgIpc) is 3.23. The molecule has 3 rings (SSSR count). The summed E-state index contributed by atoms with van der Waals surface area (Å²) >= 11 is 0. The highest BCUT2D eigenvalue weighted by atomic mass is 16.5. The van der Waals surface area contributed by atoms with E-state index in [2.05, 4.69) is 15.3 Å². The zero-order valence-corrected chi connectivity index (χ0v) is 15.2. The Hall–Kier alpha value is -2.80. The SMILES string of the molecule is O=C(CCN(C[C@@H]1CCCO1)C(=O)c1cnccn1)NCc1ccccc1. The van der Waals surface area contributed by atoms with Gasteiger partial charge in [0.25, 0.3) is 5.91 Å². The fourth-order valence-corrected chi connectivity index (χ4v) is 3.00. The van der Waals surface area contributed by atoms with Gasteiger partial charge in [-0.05, 0) is 18.4 Å². The molecule has 7 heteroatoms. The van der Waals surface area contributed by atoms with Crippen molar-refractivity contribution in [2.45, 2.75) is 31.9 Å². The number of aromatic nitrogens is 2. The van der Waals surface area contributed by atoms with Gasteiger partial charge in [-0.1, -0.05) is 30.3 Å². The van der Waals surface area contributed by atoms with Gasteiger partial charge in [0.1, 0.15) is 5.69 Å². The van der Waals surface area contributed by atoms with E-state index in [0.717, 1.165) is 25.0 Å². The predicted octanol–water partition coefficient (Wildman–Crippen LogP) is 1.80. The Balaban J connectivity index is 1.55. The lowest BCUT2D eigenvalue weighted by atomic mass is 10.2. The number of carbonyl (C=O) groups excluding carboxylic acids is 2. The van der Waals surface area contributed by atoms with Crippen LogP contribution in [0.2, 0.25) is 0 Å². The minimum absolute atomic E-state index is 0.0120. The molecule has 0 bridgehead atoms. The normalized spacial score (nSPS) is 16.1. The lowest BCUT2D eigenvalue weighted by Gasteiger charge is -2.25. The Morgan fingerprint density at radius 2 is 2.07 bits per heavy atom. The third-order valence-electron chi connectivity index (χ3n) is 4.46. The van der Waals surface area contributed by atoms with E-state index in [1.807, 2.05) is 30.3 Å². The molecule has 1 aromatic heterocycles. The first-order valence-electron chi connectivity index (χ1n) is 9.20. The second-order valence-corrected chi connectivity index (χ2v) is 6.49. The van der Waals surface area contributed by atoms with Crippen LogP contribution in [0.4, 0.5) is 0 Å². The van der Waals surface area contributed by atoms with Crippen LogP contribution in [0.3, 0.4) is 0 Å². The molecular weight excluding hydrogens is 344 g/mol. The second kappa shape index (κ2) is 9.78. The number of nitrogens with one attached hydrogen (secondary N) is 1. The van der Waals surface area contributed by atoms with Crippen molar-refractivity contribution >= 4 is 11.8 Å². The van der Waals surface area contributed by atoms with Crippen LogP contribution >= 0.6 is 0 Å². The monoisotopic (exact) mass is 368 g/mol. The van der Waals surface area contributed by atoms with E-state index in [4.69, 9.17) is 4.74 Å². The van der Waals surface area contributed by atoms with Crippen molar-refractivity contribution in [2.75, 3.05) is 19.7 Å². The van der Waals surface area contributed by atoms with Gasteiger partial charge in [0.2, 0.25) is 5.91 Å². The summed E-state index contributed by atoms with van der Waals surface area (Å²) < 4.78 is 5.65. The van der Waals surface area contributed by atoms with Crippen LogP contribution in [0.5, 0.6) is 0 Å². The molecule has 2 heterocycles. The summed E-state index contributed by atoms with van der Waals surface area (Å²) in [5.41, 5.74) is 1.32. The van der Waals surface area contributed by atoms with Gasteiger partial charge >= 0.3 is 0 Å². The number of nitrogens with zero attached hydrogens (tertiary/aromatic N) is 3. The second-order valence-electron chi connectivity index (χ2n) is 6.49. The van der Waals surface area contributed by atoms with E-state index in [1.165, 1.54) is 18.6 Å². The molecule has 142 valence electrons. The van der Waals surface area contributed by atoms with Crippen molar-refractivity contribution in [1.29, 1.82) is 0 Å². The lowest BCUT2D eigenvalue weighted by Crippen LogP contribution is -2.40. The first-order valence-corrected chi connectivity index (χ1v) is 9.20. The fraction of sp³-hybridized carbons (Fsp3) is 0.400. The lowest BCUT2D eigenvalue weighted by molar-refractivity contribution is -0.121. The molecule has 1 saturated heterocycles. The number of hydrogen-bond acceptors (Lipinski definition) is 5. The van der Waals surface area contributed by atoms with E-state index >= 15 is 0 Å². The van der Waals surface area contributed by atoms with Crippen molar-refractivity contribution < 1.29 is 14.3 Å². The van der Waals surface area contributed by atoms with E-state index in [1.54, 1.807) is 4.90 Å². The number of carbonyl (C=O) groups is 2. The number of rotatable bonds is 8. The topological polar surface area (TPSA) is 84.4 Å². The van der Waals surface area contributed by atoms with Crippen molar-refractivity contribution in [3.05, 3.63) is 60.2 Å². The predicted molar refractivity (Wildman–Crippen MR) is 99.8 cm³/mol. The van der Waals surface area contributed by atoms with Gasteiger partial charge < -0.3 is 15.0 Å². The van der Waals surface area contributed by atoms with Gasteiger partial charge in [-0.3, -0.25) is 14.6 Å². The molecule has 0 unspecified atom stereocenters. The number of hydrogen-bond donors (Lipinski definition) is 1. The van der Waals surface area contributed by atoms with Gasteiger partial charge in [-0.25, -0.2) is 4.98 Å². The van der Waals surface area contributed by atoms with Crippen molar-refractivity contribution in [1.82, 2.24) is 20.2 Å². The third kappa shape index (κ3) is 5.86. The fourth-order valence-electron chi connectivity index (χ4n) is 3.00. The molecule has 2 amide bonds. The van der Waals surface area contributed by atoms with Crippen LogP contribution in [-0.4, -0.2) is 52.5 Å². The largest absolute Gasteiger partial charge is 0.376 e. The maximum absolute atomic E-state index is 12.8. The number of amides is 2. The first kappa shape index (κ1) is 19.0. The first-order chi connectivity index (χ1) is 13.2. The number of benzene rings is 1. The van der Waals surface area contributed by atoms with E-state index in [-0.39, 0.29) is 30.0 Å². The zero-order valence-electron chi connectivity index (χ0n) is 15.2. The summed E-state index contributed by atoms with van der Waals surface area (Å²) in [6.45, 7) is 1.97. The third-order valence-corrected chi connectivity index (χ3v) is 4.46. The Labute approximate surface area is 158 Å². The maximum atomic E-state index is 12.8. The Morgan fingerprint density at radius 3 is 2.78 bits per heavy atom. The van der Waals surface area contributed by atoms with E-state index in [9.17, 15) is 9.59 Å². The molecule has 1 N–H and O–H groups in total. The summed E-state index contributed by atoms with van der Waals surface area (Å²) in [6, 6.07) is 9.73. The molecule has 2 aromatic rings. The maximum Gasteiger partial charge on any atom is 0.274 e. The van der Waals surface area contributed by atoms with Crippen molar-refractivity contribution in [3.63, 3.8) is 0 Å². The van der Waals surface area contributed by atoms with Crippen LogP contribution < -0.4 is 5.32 Å². The van der Waals surface area contributed by atoms with Crippen molar-refractivity contribution in [2.24, 2.45) is 0 Å². The summed E-state index contributed by atoms with van der Waals surface area (Å²) in [5.74, 6) is -0.322. The van der Waals surface area contributed by atoms with Gasteiger partial charge in [-0.2, -0.15) is 0 Å². The van der Waals surface area contributed by atoms with E-state index < -0.39 is 0 Å². The molecule has 1 aliphatic heterocycles. The zero-order chi connectivity index (χ0) is 18.9. The van der Waals surface area contributed by atoms with Crippen LogP contribution in [0.15, 0.2) is 48.9 Å². The van der Waals surface area contributed by atoms with Gasteiger partial charge in [-0.15, -0.1) is 0 Å². The summed E-state index contributed by atoms with van der Waals surface area (Å²) in [5, 5.41) is 2.89. The summed E-state index contributed by atoms with van der Waals surface area (Å²) in [6.07, 6.45) is 6.62. The van der Waals surface area contributed by atoms with Crippen LogP contribution in [0.1, 0.15) is 35.3 Å². The molecular formula is C20H24N4O3. The van der Waals surface area contributed by atoms with Gasteiger partial charge in [0.15, 0.2) is 0 Å². The summed E-state index contributed by atoms with van der Waals surface area (Å²) in [4.78, 5) is 34.7. The highest BCUT2D eigenvalue weighted by Crippen LogP contribution is 2.15. The molecule has 1 atom stereocenters. The average molecular weight is 368 g/mol. The Bertz CT molecular complexity index is 733. The molecule has 27 heavy (non-hydrogen) atoms. The number of ether oxygens (including phenoxy) is 1. The van der Waals surface area contributed by atoms with Crippen molar-refractivity contribution in [3.8, 4) is 0 Å². The van der Waals surface area contributed by atoms with Gasteiger partial charge in [0, 0.05) is 45.1 Å². The van der Waals surface area contributed by atoms with Crippen LogP contribution in [0.25, 0.3) is 0 Å². The Kier molecular flexibility index (Phi) is 6.87. The molecule has 0 spiro atoms. The highest BCUT2D eigenvalue weighted by molar-refractivity contribution is 5.92. The van der Waals surface area contributed by atoms with Crippen LogP contribution in [-0.2, 0) is 16.1 Å².